The first-order chi connectivity index (χ1) is 8.88. The van der Waals surface area contributed by atoms with E-state index in [0.29, 0.717) is 19.3 Å². The molecule has 0 aliphatic heterocycles. The Balaban J connectivity index is 2.05. The smallest absolute Gasteiger partial charge is 0.392 e. The van der Waals surface area contributed by atoms with Crippen molar-refractivity contribution in [3.63, 3.8) is 0 Å². The van der Waals surface area contributed by atoms with Crippen molar-refractivity contribution < 1.29 is 18.3 Å². The number of aliphatic hydroxyl groups excluding tert-OH is 1. The SMILES string of the molecule is OC(Cc1cc(Br)cs1)C1CCCCC1C(F)(F)F. The first-order valence-electron chi connectivity index (χ1n) is 6.35. The van der Waals surface area contributed by atoms with E-state index in [2.05, 4.69) is 15.9 Å². The van der Waals surface area contributed by atoms with Gasteiger partial charge in [-0.25, -0.2) is 0 Å². The Labute approximate surface area is 123 Å². The highest BCUT2D eigenvalue weighted by atomic mass is 79.9. The summed E-state index contributed by atoms with van der Waals surface area (Å²) in [5.74, 6) is -2.01. The predicted octanol–water partition coefficient (Wildman–Crippen LogP) is 4.78. The van der Waals surface area contributed by atoms with Gasteiger partial charge in [-0.2, -0.15) is 13.2 Å². The molecule has 1 saturated carbocycles. The Morgan fingerprint density at radius 2 is 2.05 bits per heavy atom. The molecule has 2 rings (SSSR count). The molecule has 1 aliphatic carbocycles. The van der Waals surface area contributed by atoms with Gasteiger partial charge in [0.2, 0.25) is 0 Å². The Hall–Kier alpha value is -0.0700. The van der Waals surface area contributed by atoms with E-state index in [-0.39, 0.29) is 6.42 Å². The number of hydrogen-bond donors (Lipinski definition) is 1. The van der Waals surface area contributed by atoms with E-state index in [1.807, 2.05) is 11.4 Å². The van der Waals surface area contributed by atoms with E-state index < -0.39 is 24.1 Å². The monoisotopic (exact) mass is 356 g/mol. The summed E-state index contributed by atoms with van der Waals surface area (Å²) in [5.41, 5.74) is 0. The summed E-state index contributed by atoms with van der Waals surface area (Å²) in [7, 11) is 0. The lowest BCUT2D eigenvalue weighted by Gasteiger charge is -2.35. The zero-order valence-corrected chi connectivity index (χ0v) is 12.7. The molecule has 0 radical (unpaired) electrons. The number of aliphatic hydroxyl groups is 1. The Morgan fingerprint density at radius 3 is 2.63 bits per heavy atom. The minimum atomic E-state index is -4.19. The molecule has 3 atom stereocenters. The Bertz CT molecular complexity index is 418. The highest BCUT2D eigenvalue weighted by Crippen LogP contribution is 2.43. The maximum absolute atomic E-state index is 13.0. The summed E-state index contributed by atoms with van der Waals surface area (Å²) in [6.45, 7) is 0. The number of hydrogen-bond acceptors (Lipinski definition) is 2. The second-order valence-corrected chi connectivity index (χ2v) is 7.01. The molecule has 0 aromatic carbocycles. The molecule has 1 fully saturated rings. The maximum Gasteiger partial charge on any atom is 0.392 e. The van der Waals surface area contributed by atoms with Gasteiger partial charge in [0.15, 0.2) is 0 Å². The second-order valence-electron chi connectivity index (χ2n) is 5.10. The standard InChI is InChI=1S/C13H16BrF3OS/c14-8-5-9(19-7-8)6-12(18)10-3-1-2-4-11(10)13(15,16)17/h5,7,10-12,18H,1-4,6H2. The van der Waals surface area contributed by atoms with Gasteiger partial charge in [-0.05, 0) is 40.8 Å². The van der Waals surface area contributed by atoms with Crippen molar-refractivity contribution in [1.82, 2.24) is 0 Å². The maximum atomic E-state index is 13.0. The van der Waals surface area contributed by atoms with Crippen molar-refractivity contribution >= 4 is 27.3 Å². The number of rotatable bonds is 3. The van der Waals surface area contributed by atoms with Crippen molar-refractivity contribution in [3.05, 3.63) is 20.8 Å². The van der Waals surface area contributed by atoms with Crippen LogP contribution in [-0.2, 0) is 6.42 Å². The van der Waals surface area contributed by atoms with Crippen molar-refractivity contribution in [2.24, 2.45) is 11.8 Å². The topological polar surface area (TPSA) is 20.2 Å². The summed E-state index contributed by atoms with van der Waals surface area (Å²) in [5, 5.41) is 12.0. The Morgan fingerprint density at radius 1 is 1.37 bits per heavy atom. The van der Waals surface area contributed by atoms with E-state index >= 15 is 0 Å². The van der Waals surface area contributed by atoms with Gasteiger partial charge in [0.05, 0.1) is 12.0 Å². The summed E-state index contributed by atoms with van der Waals surface area (Å²) in [4.78, 5) is 0.922. The van der Waals surface area contributed by atoms with Gasteiger partial charge in [0.25, 0.3) is 0 Å². The van der Waals surface area contributed by atoms with Crippen LogP contribution in [0.15, 0.2) is 15.9 Å². The lowest BCUT2D eigenvalue weighted by Crippen LogP contribution is -2.40. The summed E-state index contributed by atoms with van der Waals surface area (Å²) in [6, 6.07) is 1.86. The molecule has 0 spiro atoms. The van der Waals surface area contributed by atoms with Crippen LogP contribution in [0.25, 0.3) is 0 Å². The van der Waals surface area contributed by atoms with Crippen molar-refractivity contribution in [1.29, 1.82) is 0 Å². The first kappa shape index (κ1) is 15.3. The quantitative estimate of drug-likeness (QED) is 0.825. The van der Waals surface area contributed by atoms with Gasteiger partial charge < -0.3 is 5.11 Å². The molecule has 1 aliphatic rings. The zero-order valence-electron chi connectivity index (χ0n) is 10.3. The fourth-order valence-corrected chi connectivity index (χ4v) is 4.35. The third kappa shape index (κ3) is 3.95. The predicted molar refractivity (Wildman–Crippen MR) is 73.2 cm³/mol. The van der Waals surface area contributed by atoms with Crippen LogP contribution in [0.2, 0.25) is 0 Å². The lowest BCUT2D eigenvalue weighted by molar-refractivity contribution is -0.206. The molecule has 1 aromatic heterocycles. The van der Waals surface area contributed by atoms with E-state index in [1.165, 1.54) is 11.3 Å². The van der Waals surface area contributed by atoms with Crippen LogP contribution in [0, 0.1) is 11.8 Å². The van der Waals surface area contributed by atoms with Gasteiger partial charge >= 0.3 is 6.18 Å². The minimum Gasteiger partial charge on any atom is -0.392 e. The van der Waals surface area contributed by atoms with Crippen LogP contribution >= 0.6 is 27.3 Å². The molecule has 3 unspecified atom stereocenters. The lowest BCUT2D eigenvalue weighted by atomic mass is 9.75. The van der Waals surface area contributed by atoms with Crippen LogP contribution < -0.4 is 0 Å². The summed E-state index contributed by atoms with van der Waals surface area (Å²) in [6.07, 6.45) is -2.77. The molecule has 0 amide bonds. The third-order valence-corrected chi connectivity index (χ3v) is 5.49. The molecule has 0 saturated heterocycles. The normalized spacial score (nSPS) is 26.4. The first-order valence-corrected chi connectivity index (χ1v) is 8.03. The molecule has 108 valence electrons. The van der Waals surface area contributed by atoms with Crippen LogP contribution in [-0.4, -0.2) is 17.4 Å². The molecular formula is C13H16BrF3OS. The average molecular weight is 357 g/mol. The van der Waals surface area contributed by atoms with Crippen molar-refractivity contribution in [2.75, 3.05) is 0 Å². The van der Waals surface area contributed by atoms with E-state index in [9.17, 15) is 18.3 Å². The number of thiophene rings is 1. The van der Waals surface area contributed by atoms with E-state index in [4.69, 9.17) is 0 Å². The fraction of sp³-hybridized carbons (Fsp3) is 0.692. The van der Waals surface area contributed by atoms with Crippen LogP contribution in [0.3, 0.4) is 0 Å². The average Bonchev–Trinajstić information content (AvgIpc) is 2.73. The zero-order chi connectivity index (χ0) is 14.0. The van der Waals surface area contributed by atoms with Crippen molar-refractivity contribution in [3.8, 4) is 0 Å². The molecule has 1 N–H and O–H groups in total. The van der Waals surface area contributed by atoms with Crippen molar-refractivity contribution in [2.45, 2.75) is 44.4 Å². The van der Waals surface area contributed by atoms with Crippen LogP contribution in [0.5, 0.6) is 0 Å². The highest BCUT2D eigenvalue weighted by molar-refractivity contribution is 9.10. The second kappa shape index (κ2) is 6.14. The molecule has 1 nitrogen and oxygen atoms in total. The minimum absolute atomic E-state index is 0.152. The molecule has 1 aromatic rings. The summed E-state index contributed by atoms with van der Waals surface area (Å²) >= 11 is 4.77. The third-order valence-electron chi connectivity index (χ3n) is 3.77. The molecule has 1 heterocycles. The molecule has 6 heteroatoms. The number of halogens is 4. The number of alkyl halides is 3. The van der Waals surface area contributed by atoms with E-state index in [1.54, 1.807) is 0 Å². The summed E-state index contributed by atoms with van der Waals surface area (Å²) < 4.78 is 39.8. The largest absolute Gasteiger partial charge is 0.392 e. The van der Waals surface area contributed by atoms with Crippen LogP contribution in [0.4, 0.5) is 13.2 Å². The van der Waals surface area contributed by atoms with E-state index in [0.717, 1.165) is 15.8 Å². The molecule has 0 bridgehead atoms. The van der Waals surface area contributed by atoms with Crippen LogP contribution in [0.1, 0.15) is 30.6 Å². The molecule has 19 heavy (non-hydrogen) atoms. The van der Waals surface area contributed by atoms with Gasteiger partial charge in [-0.3, -0.25) is 0 Å². The van der Waals surface area contributed by atoms with Gasteiger partial charge in [-0.15, -0.1) is 11.3 Å². The molecular weight excluding hydrogens is 341 g/mol. The van der Waals surface area contributed by atoms with Gasteiger partial charge in [0.1, 0.15) is 0 Å². The highest BCUT2D eigenvalue weighted by Gasteiger charge is 2.47. The van der Waals surface area contributed by atoms with Gasteiger partial charge in [-0.1, -0.05) is 12.8 Å². The van der Waals surface area contributed by atoms with Gasteiger partial charge in [0, 0.05) is 21.2 Å². The fourth-order valence-electron chi connectivity index (χ4n) is 2.84. The Kier molecular flexibility index (Phi) is 4.95.